The lowest BCUT2D eigenvalue weighted by atomic mass is 9.87. The molecule has 1 atom stereocenters. The van der Waals surface area contributed by atoms with Crippen molar-refractivity contribution in [2.45, 2.75) is 40.5 Å². The maximum absolute atomic E-state index is 11.7. The van der Waals surface area contributed by atoms with E-state index in [0.717, 1.165) is 28.7 Å². The van der Waals surface area contributed by atoms with Gasteiger partial charge in [0.1, 0.15) is 5.70 Å². The first-order chi connectivity index (χ1) is 12.2. The second kappa shape index (κ2) is 9.59. The number of hydrogen-bond donors (Lipinski definition) is 2. The van der Waals surface area contributed by atoms with Crippen LogP contribution in [0.1, 0.15) is 40.5 Å². The van der Waals surface area contributed by atoms with Crippen LogP contribution >= 0.6 is 0 Å². The summed E-state index contributed by atoms with van der Waals surface area (Å²) in [7, 11) is 0. The van der Waals surface area contributed by atoms with Crippen LogP contribution in [0.5, 0.6) is 0 Å². The Morgan fingerprint density at radius 1 is 1.27 bits per heavy atom. The fourth-order valence-corrected chi connectivity index (χ4v) is 2.62. The van der Waals surface area contributed by atoms with Crippen molar-refractivity contribution < 1.29 is 9.59 Å². The molecule has 1 heterocycles. The van der Waals surface area contributed by atoms with Gasteiger partial charge in [0.05, 0.1) is 0 Å². The largest absolute Gasteiger partial charge is 0.326 e. The van der Waals surface area contributed by atoms with Crippen molar-refractivity contribution in [2.75, 3.05) is 0 Å². The standard InChI is InChI=1S/C22H28N2O2/c1-8-14(4)11-19(15(5)9-2)17(7)12-16(6)18(10-3)13-20-21(25)24-22(26)23-20/h10-11,13,15H,1,3,7,9,12H2,2,4-6H3,(H2,23,24,25,26). The maximum atomic E-state index is 11.7. The van der Waals surface area contributed by atoms with Crippen LogP contribution in [0.2, 0.25) is 0 Å². The van der Waals surface area contributed by atoms with Gasteiger partial charge in [0.25, 0.3) is 5.91 Å². The number of rotatable bonds is 8. The molecule has 2 N–H and O–H groups in total. The fourth-order valence-electron chi connectivity index (χ4n) is 2.62. The molecule has 3 amide bonds. The van der Waals surface area contributed by atoms with Gasteiger partial charge in [-0.1, -0.05) is 45.2 Å². The summed E-state index contributed by atoms with van der Waals surface area (Å²) in [5.41, 5.74) is 8.07. The molecule has 0 aromatic rings. The number of allylic oxidation sites excluding steroid dienone is 8. The Balaban J connectivity index is 3.15. The summed E-state index contributed by atoms with van der Waals surface area (Å²) in [4.78, 5) is 23.0. The first-order valence-corrected chi connectivity index (χ1v) is 8.66. The van der Waals surface area contributed by atoms with Gasteiger partial charge in [-0.2, -0.15) is 0 Å². The van der Waals surface area contributed by atoms with Crippen LogP contribution in [0.15, 0.2) is 77.3 Å². The van der Waals surface area contributed by atoms with E-state index in [-0.39, 0.29) is 5.70 Å². The second-order valence-corrected chi connectivity index (χ2v) is 6.46. The van der Waals surface area contributed by atoms with Crippen molar-refractivity contribution >= 4 is 11.9 Å². The van der Waals surface area contributed by atoms with Gasteiger partial charge in [0.2, 0.25) is 0 Å². The molecule has 0 saturated carbocycles. The minimum absolute atomic E-state index is 0.220. The van der Waals surface area contributed by atoms with E-state index in [1.165, 1.54) is 5.57 Å². The third-order valence-corrected chi connectivity index (χ3v) is 4.41. The van der Waals surface area contributed by atoms with Crippen LogP contribution in [0.4, 0.5) is 4.79 Å². The number of imide groups is 1. The molecule has 0 bridgehead atoms. The zero-order chi connectivity index (χ0) is 19.9. The minimum atomic E-state index is -0.514. The second-order valence-electron chi connectivity index (χ2n) is 6.46. The highest BCUT2D eigenvalue weighted by Gasteiger charge is 2.23. The van der Waals surface area contributed by atoms with E-state index in [2.05, 4.69) is 56.0 Å². The Kier molecular flexibility index (Phi) is 7.82. The van der Waals surface area contributed by atoms with E-state index >= 15 is 0 Å². The summed E-state index contributed by atoms with van der Waals surface area (Å²) in [6.45, 7) is 20.0. The lowest BCUT2D eigenvalue weighted by molar-refractivity contribution is -0.115. The summed E-state index contributed by atoms with van der Waals surface area (Å²) in [5.74, 6) is -0.0723. The zero-order valence-electron chi connectivity index (χ0n) is 16.2. The quantitative estimate of drug-likeness (QED) is 0.284. The molecule has 1 aliphatic heterocycles. The minimum Gasteiger partial charge on any atom is -0.303 e. The van der Waals surface area contributed by atoms with Gasteiger partial charge in [-0.25, -0.2) is 4.79 Å². The predicted molar refractivity (Wildman–Crippen MR) is 107 cm³/mol. The molecular weight excluding hydrogens is 324 g/mol. The summed E-state index contributed by atoms with van der Waals surface area (Å²) >= 11 is 0. The van der Waals surface area contributed by atoms with Gasteiger partial charge >= 0.3 is 6.03 Å². The average Bonchev–Trinajstić information content (AvgIpc) is 2.93. The molecular formula is C22H28N2O2. The molecule has 0 aromatic carbocycles. The number of carbonyl (C=O) groups excluding carboxylic acids is 2. The Morgan fingerprint density at radius 2 is 1.92 bits per heavy atom. The molecule has 1 saturated heterocycles. The monoisotopic (exact) mass is 352 g/mol. The first kappa shape index (κ1) is 21.2. The zero-order valence-corrected chi connectivity index (χ0v) is 16.2. The van der Waals surface area contributed by atoms with E-state index in [1.54, 1.807) is 12.2 Å². The average molecular weight is 352 g/mol. The summed E-state index contributed by atoms with van der Waals surface area (Å²) < 4.78 is 0. The molecule has 138 valence electrons. The van der Waals surface area contributed by atoms with Crippen LogP contribution in [0.25, 0.3) is 0 Å². The molecule has 1 fully saturated rings. The fraction of sp³-hybridized carbons (Fsp3) is 0.318. The molecule has 1 rings (SSSR count). The molecule has 0 aliphatic carbocycles. The molecule has 26 heavy (non-hydrogen) atoms. The van der Waals surface area contributed by atoms with Crippen LogP contribution in [0.3, 0.4) is 0 Å². The van der Waals surface area contributed by atoms with Gasteiger partial charge in [-0.3, -0.25) is 10.1 Å². The molecule has 1 unspecified atom stereocenters. The SMILES string of the molecule is C=C=C(C)C=C(C(=C)CC(C)=C(C=C)C=C1NC(=O)NC1=O)C(C)CC. The van der Waals surface area contributed by atoms with Gasteiger partial charge < -0.3 is 5.32 Å². The number of nitrogens with one attached hydrogen (secondary N) is 2. The molecule has 0 aromatic heterocycles. The Morgan fingerprint density at radius 3 is 2.38 bits per heavy atom. The third-order valence-electron chi connectivity index (χ3n) is 4.41. The summed E-state index contributed by atoms with van der Waals surface area (Å²) in [6.07, 6.45) is 7.03. The van der Waals surface area contributed by atoms with Crippen molar-refractivity contribution in [3.8, 4) is 0 Å². The molecule has 1 aliphatic rings. The van der Waals surface area contributed by atoms with Crippen molar-refractivity contribution in [1.29, 1.82) is 0 Å². The number of urea groups is 1. The normalized spacial score (nSPS) is 17.8. The van der Waals surface area contributed by atoms with Gasteiger partial charge in [-0.15, -0.1) is 5.73 Å². The van der Waals surface area contributed by atoms with Crippen molar-refractivity contribution in [1.82, 2.24) is 10.6 Å². The maximum Gasteiger partial charge on any atom is 0.326 e. The van der Waals surface area contributed by atoms with Crippen LogP contribution in [-0.4, -0.2) is 11.9 Å². The highest BCUT2D eigenvalue weighted by molar-refractivity contribution is 6.11. The predicted octanol–water partition coefficient (Wildman–Crippen LogP) is 4.86. The molecule has 0 radical (unpaired) electrons. The number of hydrogen-bond acceptors (Lipinski definition) is 2. The highest BCUT2D eigenvalue weighted by atomic mass is 16.2. The Hall–Kier alpha value is -2.84. The number of amides is 3. The van der Waals surface area contributed by atoms with E-state index in [4.69, 9.17) is 0 Å². The summed E-state index contributed by atoms with van der Waals surface area (Å²) in [5, 5.41) is 4.68. The van der Waals surface area contributed by atoms with E-state index < -0.39 is 11.9 Å². The van der Waals surface area contributed by atoms with Crippen molar-refractivity contribution in [2.24, 2.45) is 5.92 Å². The Bertz CT molecular complexity index is 772. The van der Waals surface area contributed by atoms with Gasteiger partial charge in [0.15, 0.2) is 0 Å². The van der Waals surface area contributed by atoms with E-state index in [1.807, 2.05) is 13.8 Å². The van der Waals surface area contributed by atoms with Gasteiger partial charge in [-0.05, 0) is 67.1 Å². The lowest BCUT2D eigenvalue weighted by Gasteiger charge is -2.18. The van der Waals surface area contributed by atoms with E-state index in [0.29, 0.717) is 12.3 Å². The Labute approximate surface area is 156 Å². The highest BCUT2D eigenvalue weighted by Crippen LogP contribution is 2.28. The molecule has 4 heteroatoms. The number of carbonyl (C=O) groups is 2. The summed E-state index contributed by atoms with van der Waals surface area (Å²) in [6, 6.07) is -0.514. The van der Waals surface area contributed by atoms with Crippen LogP contribution in [-0.2, 0) is 4.79 Å². The van der Waals surface area contributed by atoms with Crippen molar-refractivity contribution in [3.63, 3.8) is 0 Å². The molecule has 4 nitrogen and oxygen atoms in total. The third kappa shape index (κ3) is 5.61. The van der Waals surface area contributed by atoms with Crippen LogP contribution < -0.4 is 10.6 Å². The van der Waals surface area contributed by atoms with Crippen molar-refractivity contribution in [3.05, 3.63) is 77.3 Å². The van der Waals surface area contributed by atoms with E-state index in [9.17, 15) is 9.59 Å². The lowest BCUT2D eigenvalue weighted by Crippen LogP contribution is -2.22. The molecule has 0 spiro atoms. The topological polar surface area (TPSA) is 58.2 Å². The first-order valence-electron chi connectivity index (χ1n) is 8.66. The van der Waals surface area contributed by atoms with Crippen LogP contribution in [0, 0.1) is 5.92 Å². The smallest absolute Gasteiger partial charge is 0.303 e. The van der Waals surface area contributed by atoms with Gasteiger partial charge in [0, 0.05) is 0 Å².